The number of carbonyl (C=O) groups excluding carboxylic acids is 1. The van der Waals surface area contributed by atoms with Crippen LogP contribution in [-0.4, -0.2) is 31.0 Å². The Morgan fingerprint density at radius 1 is 1.42 bits per heavy atom. The number of ether oxygens (including phenoxy) is 1. The monoisotopic (exact) mass is 325 g/mol. The lowest BCUT2D eigenvalue weighted by Crippen LogP contribution is -2.38. The number of nitrogens with zero attached hydrogens (tertiary/aromatic N) is 1. The summed E-state index contributed by atoms with van der Waals surface area (Å²) in [6.07, 6.45) is 3.44. The van der Waals surface area contributed by atoms with Crippen LogP contribution in [0.5, 0.6) is 5.75 Å². The van der Waals surface area contributed by atoms with Gasteiger partial charge in [-0.25, -0.2) is 0 Å². The minimum absolute atomic E-state index is 0.0975. The van der Waals surface area contributed by atoms with Gasteiger partial charge >= 0.3 is 0 Å². The van der Waals surface area contributed by atoms with Gasteiger partial charge in [0.25, 0.3) is 5.91 Å². The molecule has 2 rings (SSSR count). The lowest BCUT2D eigenvalue weighted by atomic mass is 9.94. The van der Waals surface area contributed by atoms with Gasteiger partial charge in [-0.15, -0.1) is 0 Å². The van der Waals surface area contributed by atoms with E-state index in [4.69, 9.17) is 4.74 Å². The highest BCUT2D eigenvalue weighted by Crippen LogP contribution is 2.26. The smallest absolute Gasteiger partial charge is 0.255 e. The summed E-state index contributed by atoms with van der Waals surface area (Å²) in [5.74, 6) is 1.59. The van der Waals surface area contributed by atoms with Crippen LogP contribution >= 0.6 is 15.9 Å². The molecule has 1 aromatic rings. The molecule has 4 heteroatoms. The largest absolute Gasteiger partial charge is 0.497 e. The normalized spacial score (nSPS) is 16.5. The van der Waals surface area contributed by atoms with Crippen LogP contribution in [0.25, 0.3) is 0 Å². The highest BCUT2D eigenvalue weighted by atomic mass is 79.9. The van der Waals surface area contributed by atoms with Crippen LogP contribution in [0.2, 0.25) is 0 Å². The van der Waals surface area contributed by atoms with Crippen LogP contribution < -0.4 is 4.74 Å². The zero-order valence-electron chi connectivity index (χ0n) is 11.5. The minimum atomic E-state index is 0.0975. The van der Waals surface area contributed by atoms with Crippen molar-refractivity contribution in [2.75, 3.05) is 20.2 Å². The summed E-state index contributed by atoms with van der Waals surface area (Å²) in [7, 11) is 1.62. The number of methoxy groups -OCH3 is 1. The highest BCUT2D eigenvalue weighted by molar-refractivity contribution is 9.10. The van der Waals surface area contributed by atoms with Crippen LogP contribution in [0.1, 0.15) is 36.5 Å². The van der Waals surface area contributed by atoms with Crippen molar-refractivity contribution in [2.45, 2.75) is 26.2 Å². The zero-order valence-corrected chi connectivity index (χ0v) is 13.1. The van der Waals surface area contributed by atoms with Crippen molar-refractivity contribution in [3.8, 4) is 5.75 Å². The van der Waals surface area contributed by atoms with E-state index in [1.807, 2.05) is 17.0 Å². The first-order valence-electron chi connectivity index (χ1n) is 6.78. The molecular formula is C15H20BrNO2. The molecular weight excluding hydrogens is 306 g/mol. The highest BCUT2D eigenvalue weighted by Gasteiger charge is 2.24. The van der Waals surface area contributed by atoms with Crippen molar-refractivity contribution < 1.29 is 9.53 Å². The third-order valence-corrected chi connectivity index (χ3v) is 4.57. The van der Waals surface area contributed by atoms with E-state index in [-0.39, 0.29) is 5.91 Å². The molecule has 0 aromatic heterocycles. The fraction of sp³-hybridized carbons (Fsp3) is 0.533. The van der Waals surface area contributed by atoms with E-state index >= 15 is 0 Å². The minimum Gasteiger partial charge on any atom is -0.497 e. The second-order valence-corrected chi connectivity index (χ2v) is 5.84. The molecule has 1 saturated heterocycles. The Hall–Kier alpha value is -1.03. The number of hydrogen-bond acceptors (Lipinski definition) is 2. The molecule has 1 aromatic carbocycles. The number of piperidine rings is 1. The van der Waals surface area contributed by atoms with Crippen LogP contribution in [0.4, 0.5) is 0 Å². The average molecular weight is 326 g/mol. The summed E-state index contributed by atoms with van der Waals surface area (Å²) in [4.78, 5) is 14.5. The van der Waals surface area contributed by atoms with Crippen LogP contribution in [0, 0.1) is 5.92 Å². The second-order valence-electron chi connectivity index (χ2n) is 4.99. The van der Waals surface area contributed by atoms with Crippen molar-refractivity contribution in [2.24, 2.45) is 5.92 Å². The van der Waals surface area contributed by atoms with Gasteiger partial charge in [-0.1, -0.05) is 13.3 Å². The van der Waals surface area contributed by atoms with E-state index in [9.17, 15) is 4.79 Å². The Morgan fingerprint density at radius 2 is 2.11 bits per heavy atom. The molecule has 1 aliphatic rings. The van der Waals surface area contributed by atoms with Gasteiger partial charge in [-0.2, -0.15) is 0 Å². The molecule has 1 aliphatic heterocycles. The Labute approximate surface area is 123 Å². The van der Waals surface area contributed by atoms with Gasteiger partial charge in [0, 0.05) is 17.6 Å². The van der Waals surface area contributed by atoms with Gasteiger partial charge in [0.15, 0.2) is 0 Å². The number of rotatable bonds is 3. The van der Waals surface area contributed by atoms with E-state index in [0.717, 1.165) is 42.1 Å². The molecule has 0 aliphatic carbocycles. The van der Waals surface area contributed by atoms with Crippen molar-refractivity contribution in [3.63, 3.8) is 0 Å². The quantitative estimate of drug-likeness (QED) is 0.847. The van der Waals surface area contributed by atoms with Gasteiger partial charge < -0.3 is 9.64 Å². The first-order chi connectivity index (χ1) is 9.15. The number of likely N-dealkylation sites (tertiary alicyclic amines) is 1. The van der Waals surface area contributed by atoms with Gasteiger partial charge in [0.05, 0.1) is 12.7 Å². The summed E-state index contributed by atoms with van der Waals surface area (Å²) in [6.45, 7) is 3.95. The first-order valence-corrected chi connectivity index (χ1v) is 7.57. The van der Waals surface area contributed by atoms with E-state index in [1.54, 1.807) is 13.2 Å². The van der Waals surface area contributed by atoms with E-state index in [0.29, 0.717) is 5.56 Å². The number of benzene rings is 1. The first kappa shape index (κ1) is 14.4. The third-order valence-electron chi connectivity index (χ3n) is 3.88. The Bertz CT molecular complexity index is 453. The van der Waals surface area contributed by atoms with E-state index in [2.05, 4.69) is 22.9 Å². The lowest BCUT2D eigenvalue weighted by Gasteiger charge is -2.31. The van der Waals surface area contributed by atoms with Gasteiger partial charge in [-0.05, 0) is 52.9 Å². The molecule has 0 unspecified atom stereocenters. The molecule has 0 bridgehead atoms. The molecule has 0 radical (unpaired) electrons. The summed E-state index contributed by atoms with van der Waals surface area (Å²) in [5.41, 5.74) is 0.689. The molecule has 0 saturated carbocycles. The van der Waals surface area contributed by atoms with E-state index in [1.165, 1.54) is 6.42 Å². The molecule has 0 atom stereocenters. The maximum Gasteiger partial charge on any atom is 0.255 e. The van der Waals surface area contributed by atoms with Crippen molar-refractivity contribution in [1.82, 2.24) is 4.90 Å². The molecule has 1 heterocycles. The van der Waals surface area contributed by atoms with Crippen LogP contribution in [0.3, 0.4) is 0 Å². The number of carbonyl (C=O) groups is 1. The maximum absolute atomic E-state index is 12.5. The van der Waals surface area contributed by atoms with Gasteiger partial charge in [0.1, 0.15) is 5.75 Å². The number of amides is 1. The predicted molar refractivity (Wildman–Crippen MR) is 79.6 cm³/mol. The molecule has 1 fully saturated rings. The number of halogens is 1. The molecule has 0 spiro atoms. The number of hydrogen-bond donors (Lipinski definition) is 0. The fourth-order valence-electron chi connectivity index (χ4n) is 2.51. The molecule has 0 N–H and O–H groups in total. The van der Waals surface area contributed by atoms with Crippen LogP contribution in [0.15, 0.2) is 22.7 Å². The fourth-order valence-corrected chi connectivity index (χ4v) is 2.93. The second kappa shape index (κ2) is 6.42. The summed E-state index contributed by atoms with van der Waals surface area (Å²) >= 11 is 3.45. The van der Waals surface area contributed by atoms with Crippen molar-refractivity contribution in [1.29, 1.82) is 0 Å². The van der Waals surface area contributed by atoms with Crippen LogP contribution in [-0.2, 0) is 0 Å². The molecule has 1 amide bonds. The Balaban J connectivity index is 2.11. The summed E-state index contributed by atoms with van der Waals surface area (Å²) in [6, 6.07) is 5.52. The average Bonchev–Trinajstić information content (AvgIpc) is 2.47. The third kappa shape index (κ3) is 3.30. The Morgan fingerprint density at radius 3 is 2.68 bits per heavy atom. The van der Waals surface area contributed by atoms with Gasteiger partial charge in [0.2, 0.25) is 0 Å². The maximum atomic E-state index is 12.5. The van der Waals surface area contributed by atoms with Crippen molar-refractivity contribution in [3.05, 3.63) is 28.2 Å². The van der Waals surface area contributed by atoms with Crippen molar-refractivity contribution >= 4 is 21.8 Å². The summed E-state index contributed by atoms with van der Waals surface area (Å²) < 4.78 is 6.02. The SMILES string of the molecule is CCC1CCN(C(=O)c2cc(OC)ccc2Br)CC1. The lowest BCUT2D eigenvalue weighted by molar-refractivity contribution is 0.0687. The standard InChI is InChI=1S/C15H20BrNO2/c1-3-11-6-8-17(9-7-11)15(18)13-10-12(19-2)4-5-14(13)16/h4-5,10-11H,3,6-9H2,1-2H3. The zero-order chi connectivity index (χ0) is 13.8. The van der Waals surface area contributed by atoms with E-state index < -0.39 is 0 Å². The summed E-state index contributed by atoms with van der Waals surface area (Å²) in [5, 5.41) is 0. The topological polar surface area (TPSA) is 29.5 Å². The molecule has 19 heavy (non-hydrogen) atoms. The molecule has 104 valence electrons. The van der Waals surface area contributed by atoms with Gasteiger partial charge in [-0.3, -0.25) is 4.79 Å². The predicted octanol–water partition coefficient (Wildman–Crippen LogP) is 3.72. The Kier molecular flexibility index (Phi) is 4.86. The molecule has 3 nitrogen and oxygen atoms in total.